The van der Waals surface area contributed by atoms with E-state index in [0.29, 0.717) is 6.04 Å². The molecule has 0 aliphatic carbocycles. The zero-order valence-electron chi connectivity index (χ0n) is 15.5. The van der Waals surface area contributed by atoms with E-state index in [2.05, 4.69) is 52.1 Å². The number of likely N-dealkylation sites (tertiary alicyclic amines) is 1. The molecule has 0 spiro atoms. The van der Waals surface area contributed by atoms with Crippen LogP contribution in [0.2, 0.25) is 0 Å². The summed E-state index contributed by atoms with van der Waals surface area (Å²) in [5.41, 5.74) is 1.02. The first-order valence-electron chi connectivity index (χ1n) is 9.90. The van der Waals surface area contributed by atoms with E-state index in [0.717, 1.165) is 17.9 Å². The normalized spacial score (nSPS) is 24.1. The predicted molar refractivity (Wildman–Crippen MR) is 103 cm³/mol. The molecule has 4 heteroatoms. The Morgan fingerprint density at radius 2 is 1.88 bits per heavy atom. The van der Waals surface area contributed by atoms with Gasteiger partial charge >= 0.3 is 0 Å². The second-order valence-electron chi connectivity index (χ2n) is 7.80. The molecule has 4 rings (SSSR count). The van der Waals surface area contributed by atoms with E-state index in [4.69, 9.17) is 4.42 Å². The van der Waals surface area contributed by atoms with Crippen LogP contribution in [-0.4, -0.2) is 67.1 Å². The van der Waals surface area contributed by atoms with Gasteiger partial charge in [0, 0.05) is 37.6 Å². The minimum Gasteiger partial charge on any atom is -0.460 e. The van der Waals surface area contributed by atoms with Gasteiger partial charge in [-0.15, -0.1) is 0 Å². The average Bonchev–Trinajstić information content (AvgIpc) is 3.05. The number of para-hydroxylation sites is 1. The van der Waals surface area contributed by atoms with Crippen molar-refractivity contribution in [2.24, 2.45) is 0 Å². The van der Waals surface area contributed by atoms with Crippen LogP contribution < -0.4 is 0 Å². The van der Waals surface area contributed by atoms with Crippen molar-refractivity contribution in [3.05, 3.63) is 36.1 Å². The maximum atomic E-state index is 6.07. The van der Waals surface area contributed by atoms with Crippen LogP contribution in [0.25, 0.3) is 11.0 Å². The molecule has 0 bridgehead atoms. The summed E-state index contributed by atoms with van der Waals surface area (Å²) in [4.78, 5) is 7.75. The van der Waals surface area contributed by atoms with E-state index >= 15 is 0 Å². The van der Waals surface area contributed by atoms with E-state index in [1.54, 1.807) is 0 Å². The summed E-state index contributed by atoms with van der Waals surface area (Å²) >= 11 is 0. The Balaban J connectivity index is 1.35. The Morgan fingerprint density at radius 3 is 2.72 bits per heavy atom. The number of hydrogen-bond acceptors (Lipinski definition) is 4. The summed E-state index contributed by atoms with van der Waals surface area (Å²) in [6.07, 6.45) is 5.34. The lowest BCUT2D eigenvalue weighted by Gasteiger charge is -2.38. The van der Waals surface area contributed by atoms with Gasteiger partial charge in [-0.2, -0.15) is 0 Å². The van der Waals surface area contributed by atoms with E-state index in [1.807, 2.05) is 0 Å². The van der Waals surface area contributed by atoms with Crippen molar-refractivity contribution in [1.29, 1.82) is 0 Å². The Kier molecular flexibility index (Phi) is 5.39. The highest BCUT2D eigenvalue weighted by Gasteiger charge is 2.24. The fourth-order valence-electron chi connectivity index (χ4n) is 4.31. The summed E-state index contributed by atoms with van der Waals surface area (Å²) < 4.78 is 6.07. The molecule has 0 amide bonds. The van der Waals surface area contributed by atoms with E-state index in [-0.39, 0.29) is 0 Å². The lowest BCUT2D eigenvalue weighted by Crippen LogP contribution is -2.47. The maximum absolute atomic E-state index is 6.07. The van der Waals surface area contributed by atoms with E-state index in [1.165, 1.54) is 70.3 Å². The highest BCUT2D eigenvalue weighted by atomic mass is 16.3. The molecule has 1 aromatic heterocycles. The molecule has 2 aliphatic rings. The van der Waals surface area contributed by atoms with Crippen molar-refractivity contribution in [3.63, 3.8) is 0 Å². The number of fused-ring (bicyclic) bond motifs is 1. The lowest BCUT2D eigenvalue weighted by atomic mass is 9.98. The standard InChI is InChI=1S/C21H31N3O/c1-22-12-14-23(15-13-22)11-9-19-7-4-5-10-24(19)17-20-16-18-6-2-3-8-21(18)25-20/h2-3,6,8,16,19H,4-5,7,9-15,17H2,1H3/t19-/m1/s1. The zero-order chi connectivity index (χ0) is 17.1. The second kappa shape index (κ2) is 7.90. The van der Waals surface area contributed by atoms with Crippen LogP contribution in [0, 0.1) is 0 Å². The smallest absolute Gasteiger partial charge is 0.134 e. The van der Waals surface area contributed by atoms with Crippen LogP contribution in [0.5, 0.6) is 0 Å². The fourth-order valence-corrected chi connectivity index (χ4v) is 4.31. The molecule has 0 radical (unpaired) electrons. The Morgan fingerprint density at radius 1 is 1.04 bits per heavy atom. The van der Waals surface area contributed by atoms with Gasteiger partial charge in [-0.1, -0.05) is 24.6 Å². The topological polar surface area (TPSA) is 22.9 Å². The number of hydrogen-bond donors (Lipinski definition) is 0. The van der Waals surface area contributed by atoms with Crippen LogP contribution >= 0.6 is 0 Å². The van der Waals surface area contributed by atoms with Gasteiger partial charge in [0.15, 0.2) is 0 Å². The van der Waals surface area contributed by atoms with Gasteiger partial charge in [0.2, 0.25) is 0 Å². The number of likely N-dealkylation sites (N-methyl/N-ethyl adjacent to an activating group) is 1. The molecule has 2 aliphatic heterocycles. The minimum atomic E-state index is 0.710. The van der Waals surface area contributed by atoms with Crippen LogP contribution in [0.1, 0.15) is 31.4 Å². The highest BCUT2D eigenvalue weighted by Crippen LogP contribution is 2.25. The molecule has 136 valence electrons. The molecule has 3 heterocycles. The van der Waals surface area contributed by atoms with Crippen LogP contribution in [0.15, 0.2) is 34.7 Å². The molecular weight excluding hydrogens is 310 g/mol. The predicted octanol–water partition coefficient (Wildman–Crippen LogP) is 3.42. The third-order valence-electron chi connectivity index (χ3n) is 5.96. The quantitative estimate of drug-likeness (QED) is 0.831. The van der Waals surface area contributed by atoms with Crippen LogP contribution in [0.3, 0.4) is 0 Å². The van der Waals surface area contributed by atoms with Gasteiger partial charge < -0.3 is 14.2 Å². The van der Waals surface area contributed by atoms with Crippen molar-refractivity contribution < 1.29 is 4.42 Å². The number of piperidine rings is 1. The number of nitrogens with zero attached hydrogens (tertiary/aromatic N) is 3. The number of rotatable bonds is 5. The maximum Gasteiger partial charge on any atom is 0.134 e. The molecule has 0 unspecified atom stereocenters. The minimum absolute atomic E-state index is 0.710. The first-order chi connectivity index (χ1) is 12.3. The molecule has 0 saturated carbocycles. The fraction of sp³-hybridized carbons (Fsp3) is 0.619. The van der Waals surface area contributed by atoms with Crippen molar-refractivity contribution >= 4 is 11.0 Å². The van der Waals surface area contributed by atoms with E-state index < -0.39 is 0 Å². The average molecular weight is 341 g/mol. The summed E-state index contributed by atoms with van der Waals surface area (Å²) in [6.45, 7) is 8.31. The van der Waals surface area contributed by atoms with Crippen LogP contribution in [-0.2, 0) is 6.54 Å². The van der Waals surface area contributed by atoms with Gasteiger partial charge in [0.05, 0.1) is 6.54 Å². The molecule has 1 aromatic carbocycles. The van der Waals surface area contributed by atoms with E-state index in [9.17, 15) is 0 Å². The first kappa shape index (κ1) is 17.1. The van der Waals surface area contributed by atoms with Gasteiger partial charge in [-0.3, -0.25) is 4.90 Å². The Hall–Kier alpha value is -1.36. The van der Waals surface area contributed by atoms with Gasteiger partial charge in [0.1, 0.15) is 11.3 Å². The number of benzene rings is 1. The lowest BCUT2D eigenvalue weighted by molar-refractivity contribution is 0.0969. The van der Waals surface area contributed by atoms with Gasteiger partial charge in [-0.25, -0.2) is 0 Å². The third kappa shape index (κ3) is 4.25. The van der Waals surface area contributed by atoms with Crippen molar-refractivity contribution in [2.75, 3.05) is 46.3 Å². The number of furan rings is 1. The molecule has 2 aromatic rings. The third-order valence-corrected chi connectivity index (χ3v) is 5.96. The number of piperazine rings is 1. The SMILES string of the molecule is CN1CCN(CC[C@H]2CCCCN2Cc2cc3ccccc3o2)CC1. The molecule has 0 N–H and O–H groups in total. The molecule has 2 fully saturated rings. The summed E-state index contributed by atoms with van der Waals surface area (Å²) in [6, 6.07) is 11.3. The summed E-state index contributed by atoms with van der Waals surface area (Å²) in [5, 5.41) is 1.23. The Bertz CT molecular complexity index is 642. The van der Waals surface area contributed by atoms with Gasteiger partial charge in [0.25, 0.3) is 0 Å². The molecule has 4 nitrogen and oxygen atoms in total. The second-order valence-corrected chi connectivity index (χ2v) is 7.80. The first-order valence-corrected chi connectivity index (χ1v) is 9.90. The Labute approximate surface area is 151 Å². The van der Waals surface area contributed by atoms with Crippen molar-refractivity contribution in [1.82, 2.24) is 14.7 Å². The molecular formula is C21H31N3O. The van der Waals surface area contributed by atoms with Crippen LogP contribution in [0.4, 0.5) is 0 Å². The van der Waals surface area contributed by atoms with Gasteiger partial charge in [-0.05, 0) is 51.5 Å². The molecule has 2 saturated heterocycles. The molecule has 25 heavy (non-hydrogen) atoms. The van der Waals surface area contributed by atoms with Crippen molar-refractivity contribution in [3.8, 4) is 0 Å². The largest absolute Gasteiger partial charge is 0.460 e. The monoisotopic (exact) mass is 341 g/mol. The summed E-state index contributed by atoms with van der Waals surface area (Å²) in [5.74, 6) is 1.12. The molecule has 1 atom stereocenters. The summed E-state index contributed by atoms with van der Waals surface area (Å²) in [7, 11) is 2.23. The zero-order valence-corrected chi connectivity index (χ0v) is 15.5. The highest BCUT2D eigenvalue weighted by molar-refractivity contribution is 5.77. The van der Waals surface area contributed by atoms with Crippen molar-refractivity contribution in [2.45, 2.75) is 38.3 Å².